The first kappa shape index (κ1) is 14.6. The minimum atomic E-state index is -0.346. The average Bonchev–Trinajstić information content (AvgIpc) is 2.52. The van der Waals surface area contributed by atoms with Crippen molar-refractivity contribution in [1.82, 2.24) is 10.4 Å². The Balaban J connectivity index is 1.99. The van der Waals surface area contributed by atoms with Crippen molar-refractivity contribution in [3.05, 3.63) is 71.8 Å². The molecular formula is C16H14FN3O. The highest BCUT2D eigenvalue weighted by atomic mass is 19.1. The molecule has 21 heavy (non-hydrogen) atoms. The van der Waals surface area contributed by atoms with Crippen LogP contribution in [0.5, 0.6) is 0 Å². The van der Waals surface area contributed by atoms with E-state index in [9.17, 15) is 9.18 Å². The lowest BCUT2D eigenvalue weighted by molar-refractivity contribution is 0.0954. The number of benzene rings is 1. The fraction of sp³-hybridized carbons (Fsp3) is 0.0625. The first-order valence-corrected chi connectivity index (χ1v) is 6.34. The van der Waals surface area contributed by atoms with Crippen LogP contribution >= 0.6 is 0 Å². The summed E-state index contributed by atoms with van der Waals surface area (Å²) in [5.41, 5.74) is 3.85. The van der Waals surface area contributed by atoms with Gasteiger partial charge in [0.15, 0.2) is 0 Å². The topological polar surface area (TPSA) is 54.4 Å². The van der Waals surface area contributed by atoms with Crippen LogP contribution in [-0.2, 0) is 0 Å². The lowest BCUT2D eigenvalue weighted by Gasteiger charge is -1.99. The van der Waals surface area contributed by atoms with Crippen molar-refractivity contribution in [2.75, 3.05) is 0 Å². The average molecular weight is 283 g/mol. The monoisotopic (exact) mass is 283 g/mol. The molecule has 2 rings (SSSR count). The molecule has 106 valence electrons. The zero-order valence-corrected chi connectivity index (χ0v) is 11.5. The van der Waals surface area contributed by atoms with E-state index in [1.165, 1.54) is 12.3 Å². The molecule has 1 heterocycles. The number of rotatable bonds is 4. The van der Waals surface area contributed by atoms with Crippen molar-refractivity contribution < 1.29 is 9.18 Å². The number of nitrogens with zero attached hydrogens (tertiary/aromatic N) is 2. The largest absolute Gasteiger partial charge is 0.272 e. The molecule has 0 fully saturated rings. The zero-order chi connectivity index (χ0) is 15.1. The molecule has 4 nitrogen and oxygen atoms in total. The minimum Gasteiger partial charge on any atom is -0.267 e. The Morgan fingerprint density at radius 1 is 1.29 bits per heavy atom. The molecule has 0 atom stereocenters. The van der Waals surface area contributed by atoms with Gasteiger partial charge >= 0.3 is 0 Å². The van der Waals surface area contributed by atoms with E-state index in [-0.39, 0.29) is 11.7 Å². The first-order chi connectivity index (χ1) is 10.2. The highest BCUT2D eigenvalue weighted by Gasteiger charge is 2.02. The maximum Gasteiger partial charge on any atom is 0.272 e. The number of carbonyl (C=O) groups is 1. The van der Waals surface area contributed by atoms with Gasteiger partial charge in [-0.25, -0.2) is 9.82 Å². The molecule has 1 N–H and O–H groups in total. The van der Waals surface area contributed by atoms with Gasteiger partial charge in [0.25, 0.3) is 5.91 Å². The molecule has 0 saturated carbocycles. The summed E-state index contributed by atoms with van der Waals surface area (Å²) in [7, 11) is 0. The van der Waals surface area contributed by atoms with Gasteiger partial charge < -0.3 is 0 Å². The SMILES string of the molecule is CC(/C=C/c1ccccc1F)=N\NC(=O)c1cccnc1. The maximum absolute atomic E-state index is 13.4. The molecule has 0 aliphatic rings. The van der Waals surface area contributed by atoms with Crippen molar-refractivity contribution in [3.63, 3.8) is 0 Å². The van der Waals surface area contributed by atoms with Crippen LogP contribution < -0.4 is 5.43 Å². The number of hydrogen-bond acceptors (Lipinski definition) is 3. The number of aromatic nitrogens is 1. The number of pyridine rings is 1. The Labute approximate surface area is 122 Å². The highest BCUT2D eigenvalue weighted by molar-refractivity contribution is 5.99. The summed E-state index contributed by atoms with van der Waals surface area (Å²) in [6, 6.07) is 9.73. The molecule has 0 radical (unpaired) electrons. The maximum atomic E-state index is 13.4. The van der Waals surface area contributed by atoms with Gasteiger partial charge in [-0.05, 0) is 31.2 Å². The van der Waals surface area contributed by atoms with Crippen LogP contribution in [0.15, 0.2) is 60.0 Å². The molecular weight excluding hydrogens is 269 g/mol. The Hall–Kier alpha value is -2.82. The number of carbonyl (C=O) groups excluding carboxylic acids is 1. The van der Waals surface area contributed by atoms with Gasteiger partial charge in [0.2, 0.25) is 0 Å². The van der Waals surface area contributed by atoms with E-state index in [2.05, 4.69) is 15.5 Å². The predicted octanol–water partition coefficient (Wildman–Crippen LogP) is 3.04. The van der Waals surface area contributed by atoms with Gasteiger partial charge in [0.05, 0.1) is 11.3 Å². The minimum absolute atomic E-state index is 0.305. The van der Waals surface area contributed by atoms with Crippen molar-refractivity contribution >= 4 is 17.7 Å². The summed E-state index contributed by atoms with van der Waals surface area (Å²) in [5, 5.41) is 3.93. The summed E-state index contributed by atoms with van der Waals surface area (Å²) in [4.78, 5) is 15.6. The van der Waals surface area contributed by atoms with Crippen LogP contribution in [-0.4, -0.2) is 16.6 Å². The van der Waals surface area contributed by atoms with Gasteiger partial charge in [-0.2, -0.15) is 5.10 Å². The van der Waals surface area contributed by atoms with E-state index in [0.29, 0.717) is 16.8 Å². The number of hydrogen-bond donors (Lipinski definition) is 1. The number of allylic oxidation sites excluding steroid dienone is 1. The molecule has 1 amide bonds. The van der Waals surface area contributed by atoms with Gasteiger partial charge in [-0.3, -0.25) is 9.78 Å². The molecule has 0 aliphatic heterocycles. The third-order valence-corrected chi connectivity index (χ3v) is 2.67. The standard InChI is InChI=1S/C16H14FN3O/c1-12(8-9-13-5-2-3-7-15(13)17)19-20-16(21)14-6-4-10-18-11-14/h2-11H,1H3,(H,20,21)/b9-8+,19-12+. The number of halogens is 1. The first-order valence-electron chi connectivity index (χ1n) is 6.34. The van der Waals surface area contributed by atoms with E-state index >= 15 is 0 Å². The molecule has 1 aromatic carbocycles. The molecule has 0 unspecified atom stereocenters. The van der Waals surface area contributed by atoms with Crippen LogP contribution in [0.4, 0.5) is 4.39 Å². The van der Waals surface area contributed by atoms with Crippen molar-refractivity contribution in [2.24, 2.45) is 5.10 Å². The van der Waals surface area contributed by atoms with E-state index in [1.807, 2.05) is 0 Å². The van der Waals surface area contributed by atoms with Crippen LogP contribution in [0.25, 0.3) is 6.08 Å². The van der Waals surface area contributed by atoms with Gasteiger partial charge in [0, 0.05) is 18.0 Å². The van der Waals surface area contributed by atoms with Gasteiger partial charge in [-0.15, -0.1) is 0 Å². The van der Waals surface area contributed by atoms with Crippen molar-refractivity contribution in [2.45, 2.75) is 6.92 Å². The van der Waals surface area contributed by atoms with Gasteiger partial charge in [-0.1, -0.05) is 24.3 Å². The normalized spacial score (nSPS) is 11.6. The Morgan fingerprint density at radius 2 is 2.10 bits per heavy atom. The van der Waals surface area contributed by atoms with Crippen LogP contribution in [0.3, 0.4) is 0 Å². The Morgan fingerprint density at radius 3 is 2.81 bits per heavy atom. The third kappa shape index (κ3) is 4.35. The number of amides is 1. The summed E-state index contributed by atoms with van der Waals surface area (Å²) in [6.07, 6.45) is 6.27. The van der Waals surface area contributed by atoms with E-state index in [0.717, 1.165) is 0 Å². The molecule has 2 aromatic rings. The molecule has 0 bridgehead atoms. The second kappa shape index (κ2) is 7.09. The summed E-state index contributed by atoms with van der Waals surface area (Å²) in [6.45, 7) is 1.71. The summed E-state index contributed by atoms with van der Waals surface area (Å²) >= 11 is 0. The smallest absolute Gasteiger partial charge is 0.267 e. The second-order valence-electron chi connectivity index (χ2n) is 4.29. The zero-order valence-electron chi connectivity index (χ0n) is 11.5. The highest BCUT2D eigenvalue weighted by Crippen LogP contribution is 2.08. The Bertz CT molecular complexity index is 681. The van der Waals surface area contributed by atoms with E-state index < -0.39 is 0 Å². The van der Waals surface area contributed by atoms with Gasteiger partial charge in [0.1, 0.15) is 5.82 Å². The lowest BCUT2D eigenvalue weighted by Crippen LogP contribution is -2.18. The molecule has 0 aliphatic carbocycles. The van der Waals surface area contributed by atoms with E-state index in [1.54, 1.807) is 55.6 Å². The quantitative estimate of drug-likeness (QED) is 0.692. The molecule has 0 spiro atoms. The summed E-state index contributed by atoms with van der Waals surface area (Å²) in [5.74, 6) is -0.650. The number of hydrazone groups is 1. The van der Waals surface area contributed by atoms with Crippen LogP contribution in [0.2, 0.25) is 0 Å². The Kier molecular flexibility index (Phi) is 4.93. The van der Waals surface area contributed by atoms with Crippen molar-refractivity contribution in [1.29, 1.82) is 0 Å². The lowest BCUT2D eigenvalue weighted by atomic mass is 10.2. The second-order valence-corrected chi connectivity index (χ2v) is 4.29. The molecule has 1 aromatic heterocycles. The predicted molar refractivity (Wildman–Crippen MR) is 80.2 cm³/mol. The molecule has 5 heteroatoms. The number of nitrogens with one attached hydrogen (secondary N) is 1. The summed E-state index contributed by atoms with van der Waals surface area (Å²) < 4.78 is 13.4. The van der Waals surface area contributed by atoms with Crippen molar-refractivity contribution in [3.8, 4) is 0 Å². The molecule has 0 saturated heterocycles. The fourth-order valence-corrected chi connectivity index (χ4v) is 1.56. The third-order valence-electron chi connectivity index (χ3n) is 2.67. The van der Waals surface area contributed by atoms with Crippen LogP contribution in [0, 0.1) is 5.82 Å². The fourth-order valence-electron chi connectivity index (χ4n) is 1.56. The van der Waals surface area contributed by atoms with E-state index in [4.69, 9.17) is 0 Å². The van der Waals surface area contributed by atoms with Crippen LogP contribution in [0.1, 0.15) is 22.8 Å².